The van der Waals surface area contributed by atoms with Gasteiger partial charge in [0.1, 0.15) is 5.75 Å². The van der Waals surface area contributed by atoms with E-state index in [0.29, 0.717) is 31.7 Å². The van der Waals surface area contributed by atoms with E-state index in [0.717, 1.165) is 10.4 Å². The minimum absolute atomic E-state index is 0.144. The number of hydrogen-bond donors (Lipinski definition) is 0. The molecule has 0 amide bonds. The molecular weight excluding hydrogens is 378 g/mol. The van der Waals surface area contributed by atoms with Crippen molar-refractivity contribution >= 4 is 45.3 Å². The summed E-state index contributed by atoms with van der Waals surface area (Å²) in [6.45, 7) is 2.02. The Labute approximate surface area is 155 Å². The number of benzene rings is 1. The molecule has 0 spiro atoms. The summed E-state index contributed by atoms with van der Waals surface area (Å²) >= 11 is 9.03. The van der Waals surface area contributed by atoms with Crippen LogP contribution in [0.5, 0.6) is 5.75 Å². The van der Waals surface area contributed by atoms with Gasteiger partial charge in [-0.05, 0) is 48.2 Å². The minimum Gasteiger partial charge on any atom is -0.496 e. The molecular formula is C17H12ClN3O2S2. The minimum atomic E-state index is -0.144. The molecule has 25 heavy (non-hydrogen) atoms. The highest BCUT2D eigenvalue weighted by molar-refractivity contribution is 7.15. The van der Waals surface area contributed by atoms with Crippen molar-refractivity contribution in [3.63, 3.8) is 0 Å². The topological polar surface area (TPSA) is 56.5 Å². The molecule has 0 aliphatic carbocycles. The summed E-state index contributed by atoms with van der Waals surface area (Å²) < 4.78 is 7.51. The second kappa shape index (κ2) is 6.25. The first-order valence-corrected chi connectivity index (χ1v) is 9.43. The van der Waals surface area contributed by atoms with E-state index < -0.39 is 0 Å². The predicted molar refractivity (Wildman–Crippen MR) is 102 cm³/mol. The Kier molecular flexibility index (Phi) is 4.07. The van der Waals surface area contributed by atoms with Gasteiger partial charge in [0, 0.05) is 9.90 Å². The maximum absolute atomic E-state index is 12.9. The number of rotatable bonds is 3. The van der Waals surface area contributed by atoms with Crippen molar-refractivity contribution in [1.29, 1.82) is 0 Å². The zero-order chi connectivity index (χ0) is 17.6. The summed E-state index contributed by atoms with van der Waals surface area (Å²) in [5, 5.41) is 10.9. The lowest BCUT2D eigenvalue weighted by Gasteiger charge is -2.06. The number of thiazole rings is 1. The van der Waals surface area contributed by atoms with Gasteiger partial charge in [0.05, 0.1) is 17.2 Å². The van der Waals surface area contributed by atoms with Gasteiger partial charge < -0.3 is 4.74 Å². The molecule has 4 aromatic rings. The van der Waals surface area contributed by atoms with E-state index in [4.69, 9.17) is 16.3 Å². The first kappa shape index (κ1) is 16.3. The fourth-order valence-corrected chi connectivity index (χ4v) is 4.54. The van der Waals surface area contributed by atoms with Crippen molar-refractivity contribution in [3.05, 3.63) is 60.0 Å². The van der Waals surface area contributed by atoms with E-state index in [1.165, 1.54) is 15.7 Å². The molecule has 3 heterocycles. The van der Waals surface area contributed by atoms with Crippen LogP contribution in [0.2, 0.25) is 5.02 Å². The number of thiophene rings is 1. The molecule has 0 aliphatic heterocycles. The van der Waals surface area contributed by atoms with Gasteiger partial charge in [0.25, 0.3) is 5.56 Å². The maximum Gasteiger partial charge on any atom is 0.276 e. The molecule has 0 radical (unpaired) electrons. The van der Waals surface area contributed by atoms with Crippen molar-refractivity contribution in [2.75, 3.05) is 7.11 Å². The lowest BCUT2D eigenvalue weighted by molar-refractivity contribution is 0.416. The van der Waals surface area contributed by atoms with Gasteiger partial charge in [-0.3, -0.25) is 4.79 Å². The highest BCUT2D eigenvalue weighted by Crippen LogP contribution is 2.31. The first-order valence-electron chi connectivity index (χ1n) is 7.36. The lowest BCUT2D eigenvalue weighted by atomic mass is 10.2. The molecule has 0 fully saturated rings. The predicted octanol–water partition coefficient (Wildman–Crippen LogP) is 3.40. The highest BCUT2D eigenvalue weighted by atomic mass is 35.5. The molecule has 0 bridgehead atoms. The monoisotopic (exact) mass is 389 g/mol. The number of nitrogens with zero attached hydrogens (tertiary/aromatic N) is 3. The number of hydrogen-bond acceptors (Lipinski definition) is 6. The van der Waals surface area contributed by atoms with Gasteiger partial charge in [-0.1, -0.05) is 22.9 Å². The summed E-state index contributed by atoms with van der Waals surface area (Å²) in [7, 11) is 1.56. The van der Waals surface area contributed by atoms with Gasteiger partial charge >= 0.3 is 0 Å². The van der Waals surface area contributed by atoms with Crippen LogP contribution < -0.4 is 14.8 Å². The normalized spacial score (nSPS) is 12.2. The summed E-state index contributed by atoms with van der Waals surface area (Å²) in [4.78, 5) is 14.5. The van der Waals surface area contributed by atoms with Crippen LogP contribution in [0.1, 0.15) is 10.4 Å². The van der Waals surface area contributed by atoms with E-state index in [1.54, 1.807) is 36.6 Å². The van der Waals surface area contributed by atoms with Crippen LogP contribution in [0.15, 0.2) is 34.4 Å². The molecule has 8 heteroatoms. The third kappa shape index (κ3) is 2.74. The van der Waals surface area contributed by atoms with E-state index in [-0.39, 0.29) is 5.56 Å². The molecule has 5 nitrogen and oxygen atoms in total. The number of aromatic nitrogens is 3. The van der Waals surface area contributed by atoms with Crippen LogP contribution >= 0.6 is 34.3 Å². The Balaban J connectivity index is 1.97. The number of ether oxygens (including phenoxy) is 1. The summed E-state index contributed by atoms with van der Waals surface area (Å²) in [5.41, 5.74) is 1.64. The van der Waals surface area contributed by atoms with Crippen molar-refractivity contribution in [2.24, 2.45) is 0 Å². The smallest absolute Gasteiger partial charge is 0.276 e. The average Bonchev–Trinajstić information content (AvgIpc) is 3.27. The van der Waals surface area contributed by atoms with Gasteiger partial charge in [0.2, 0.25) is 4.96 Å². The molecule has 4 rings (SSSR count). The second-order valence-corrected chi connectivity index (χ2v) is 7.76. The number of fused-ring (bicyclic) bond motifs is 1. The summed E-state index contributed by atoms with van der Waals surface area (Å²) in [6, 6.07) is 7.23. The molecule has 0 atom stereocenters. The largest absolute Gasteiger partial charge is 0.496 e. The number of aryl methyl sites for hydroxylation is 1. The standard InChI is InChI=1S/C17H12ClN3O2S2/c1-9-5-6-24-13(9)8-14-16(22)21-15(19-20-17(21)25-14)11-7-10(18)3-4-12(11)23-2/h3-8H,1-2H3. The quantitative estimate of drug-likeness (QED) is 0.539. The molecule has 0 N–H and O–H groups in total. The Morgan fingerprint density at radius 2 is 2.12 bits per heavy atom. The zero-order valence-electron chi connectivity index (χ0n) is 13.3. The van der Waals surface area contributed by atoms with Gasteiger partial charge in [-0.25, -0.2) is 4.40 Å². The molecule has 3 aromatic heterocycles. The molecule has 0 saturated heterocycles. The van der Waals surface area contributed by atoms with Crippen molar-refractivity contribution in [3.8, 4) is 17.1 Å². The van der Waals surface area contributed by atoms with E-state index in [1.807, 2.05) is 24.4 Å². The van der Waals surface area contributed by atoms with Crippen LogP contribution in [-0.4, -0.2) is 21.7 Å². The Morgan fingerprint density at radius 3 is 2.84 bits per heavy atom. The van der Waals surface area contributed by atoms with Crippen LogP contribution in [0.4, 0.5) is 0 Å². The second-order valence-electron chi connectivity index (χ2n) is 5.37. The van der Waals surface area contributed by atoms with E-state index >= 15 is 0 Å². The van der Waals surface area contributed by atoms with Crippen LogP contribution in [0.25, 0.3) is 22.4 Å². The van der Waals surface area contributed by atoms with Crippen LogP contribution in [0, 0.1) is 6.92 Å². The van der Waals surface area contributed by atoms with Crippen molar-refractivity contribution in [1.82, 2.24) is 14.6 Å². The Morgan fingerprint density at radius 1 is 1.28 bits per heavy atom. The Hall–Kier alpha value is -2.22. The van der Waals surface area contributed by atoms with Crippen molar-refractivity contribution in [2.45, 2.75) is 6.92 Å². The lowest BCUT2D eigenvalue weighted by Crippen LogP contribution is -2.23. The van der Waals surface area contributed by atoms with E-state index in [9.17, 15) is 4.79 Å². The fraction of sp³-hybridized carbons (Fsp3) is 0.118. The van der Waals surface area contributed by atoms with Crippen LogP contribution in [-0.2, 0) is 0 Å². The third-order valence-corrected chi connectivity index (χ3v) is 5.98. The van der Waals surface area contributed by atoms with Gasteiger partial charge in [-0.2, -0.15) is 0 Å². The zero-order valence-corrected chi connectivity index (χ0v) is 15.7. The Bertz CT molecular complexity index is 1190. The average molecular weight is 390 g/mol. The van der Waals surface area contributed by atoms with Crippen molar-refractivity contribution < 1.29 is 4.74 Å². The molecule has 1 aromatic carbocycles. The SMILES string of the molecule is COc1ccc(Cl)cc1-c1nnc2sc(=Cc3sccc3C)c(=O)n12. The third-order valence-electron chi connectivity index (χ3n) is 3.81. The van der Waals surface area contributed by atoms with E-state index in [2.05, 4.69) is 10.2 Å². The molecule has 0 unspecified atom stereocenters. The summed E-state index contributed by atoms with van der Waals surface area (Å²) in [5.74, 6) is 1.02. The maximum atomic E-state index is 12.9. The highest BCUT2D eigenvalue weighted by Gasteiger charge is 2.18. The molecule has 126 valence electrons. The number of halogens is 1. The van der Waals surface area contributed by atoms with Gasteiger partial charge in [-0.15, -0.1) is 21.5 Å². The summed E-state index contributed by atoms with van der Waals surface area (Å²) in [6.07, 6.45) is 1.90. The molecule has 0 aliphatic rings. The first-order chi connectivity index (χ1) is 12.1. The fourth-order valence-electron chi connectivity index (χ4n) is 2.54. The van der Waals surface area contributed by atoms with Crippen LogP contribution in [0.3, 0.4) is 0 Å². The van der Waals surface area contributed by atoms with Gasteiger partial charge in [0.15, 0.2) is 5.82 Å². The number of methoxy groups -OCH3 is 1. The molecule has 0 saturated carbocycles.